The van der Waals surface area contributed by atoms with E-state index >= 15 is 0 Å². The van der Waals surface area contributed by atoms with E-state index in [1.54, 1.807) is 0 Å². The smallest absolute Gasteiger partial charge is 0.422 e. The zero-order valence-corrected chi connectivity index (χ0v) is 13.8. The molecule has 0 radical (unpaired) electrons. The molecule has 1 fully saturated rings. The van der Waals surface area contributed by atoms with Gasteiger partial charge in [-0.2, -0.15) is 13.2 Å². The highest BCUT2D eigenvalue weighted by molar-refractivity contribution is 6.04. The monoisotopic (exact) mass is 365 g/mol. The molecule has 2 N–H and O–H groups in total. The lowest BCUT2D eigenvalue weighted by Gasteiger charge is -2.11. The molecule has 3 rings (SSSR count). The first-order chi connectivity index (χ1) is 12.4. The van der Waals surface area contributed by atoms with Gasteiger partial charge in [-0.1, -0.05) is 12.1 Å². The van der Waals surface area contributed by atoms with Gasteiger partial charge in [0.25, 0.3) is 5.91 Å². The van der Waals surface area contributed by atoms with Gasteiger partial charge in [-0.25, -0.2) is 4.98 Å². The number of hydrogen-bond acceptors (Lipinski definition) is 4. The van der Waals surface area contributed by atoms with Gasteiger partial charge >= 0.3 is 6.18 Å². The number of nitrogens with one attached hydrogen (secondary N) is 2. The predicted octanol–water partition coefficient (Wildman–Crippen LogP) is 3.35. The van der Waals surface area contributed by atoms with Crippen molar-refractivity contribution in [2.75, 3.05) is 25.0 Å². The molecule has 8 heteroatoms. The number of aromatic nitrogens is 1. The fourth-order valence-corrected chi connectivity index (χ4v) is 2.74. The summed E-state index contributed by atoms with van der Waals surface area (Å²) in [5.74, 6) is -0.0863. The van der Waals surface area contributed by atoms with E-state index < -0.39 is 18.7 Å². The van der Waals surface area contributed by atoms with E-state index in [1.165, 1.54) is 23.9 Å². The summed E-state index contributed by atoms with van der Waals surface area (Å²) < 4.78 is 40.8. The van der Waals surface area contributed by atoms with Crippen molar-refractivity contribution >= 4 is 11.6 Å². The van der Waals surface area contributed by atoms with E-state index in [2.05, 4.69) is 20.4 Å². The molecule has 26 heavy (non-hydrogen) atoms. The van der Waals surface area contributed by atoms with Crippen molar-refractivity contribution in [1.29, 1.82) is 0 Å². The summed E-state index contributed by atoms with van der Waals surface area (Å²) in [4.78, 5) is 15.9. The second-order valence-electron chi connectivity index (χ2n) is 6.05. The number of nitrogens with zero attached hydrogens (tertiary/aromatic N) is 1. The minimum atomic E-state index is -4.43. The Labute approximate surface area is 148 Å². The average Bonchev–Trinajstić information content (AvgIpc) is 3.15. The maximum atomic E-state index is 12.2. The third kappa shape index (κ3) is 4.95. The Bertz CT molecular complexity index is 740. The maximum Gasteiger partial charge on any atom is 0.422 e. The topological polar surface area (TPSA) is 63.2 Å². The number of benzene rings is 1. The lowest BCUT2D eigenvalue weighted by atomic mass is 9.98. The third-order valence-electron chi connectivity index (χ3n) is 4.08. The molecule has 0 bridgehead atoms. The summed E-state index contributed by atoms with van der Waals surface area (Å²) in [6, 6.07) is 10.2. The number of hydrogen-bond donors (Lipinski definition) is 2. The summed E-state index contributed by atoms with van der Waals surface area (Å²) in [5, 5.41) is 6.05. The van der Waals surface area contributed by atoms with Crippen LogP contribution in [-0.4, -0.2) is 36.8 Å². The molecule has 138 valence electrons. The maximum absolute atomic E-state index is 12.2. The Morgan fingerprint density at radius 1 is 1.23 bits per heavy atom. The van der Waals surface area contributed by atoms with Crippen LogP contribution in [0.5, 0.6) is 5.88 Å². The van der Waals surface area contributed by atoms with Crippen LogP contribution in [0.25, 0.3) is 0 Å². The highest BCUT2D eigenvalue weighted by Gasteiger charge is 2.28. The molecular formula is C18H18F3N3O2. The Morgan fingerprint density at radius 3 is 2.58 bits per heavy atom. The van der Waals surface area contributed by atoms with E-state index in [0.717, 1.165) is 19.5 Å². The number of pyridine rings is 1. The summed E-state index contributed by atoms with van der Waals surface area (Å²) in [7, 11) is 0. The molecule has 2 heterocycles. The van der Waals surface area contributed by atoms with E-state index in [1.807, 2.05) is 24.3 Å². The van der Waals surface area contributed by atoms with Gasteiger partial charge in [0.1, 0.15) is 0 Å². The number of halogens is 3. The predicted molar refractivity (Wildman–Crippen MR) is 90.4 cm³/mol. The first-order valence-corrected chi connectivity index (χ1v) is 8.18. The fourth-order valence-electron chi connectivity index (χ4n) is 2.74. The molecule has 0 saturated carbocycles. The van der Waals surface area contributed by atoms with Crippen molar-refractivity contribution in [1.82, 2.24) is 10.3 Å². The zero-order valence-electron chi connectivity index (χ0n) is 13.8. The molecule has 1 aliphatic heterocycles. The molecule has 1 unspecified atom stereocenters. The number of carbonyl (C=O) groups is 1. The molecule has 2 aromatic rings. The van der Waals surface area contributed by atoms with Gasteiger partial charge < -0.3 is 15.4 Å². The van der Waals surface area contributed by atoms with Crippen molar-refractivity contribution < 1.29 is 22.7 Å². The van der Waals surface area contributed by atoms with Crippen LogP contribution in [0.15, 0.2) is 42.6 Å². The van der Waals surface area contributed by atoms with Crippen molar-refractivity contribution in [3.63, 3.8) is 0 Å². The largest absolute Gasteiger partial charge is 0.468 e. The highest BCUT2D eigenvalue weighted by Crippen LogP contribution is 2.24. The molecule has 0 spiro atoms. The number of anilines is 1. The number of rotatable bonds is 5. The van der Waals surface area contributed by atoms with E-state index in [-0.39, 0.29) is 11.4 Å². The van der Waals surface area contributed by atoms with Crippen LogP contribution < -0.4 is 15.4 Å². The number of ether oxygens (including phenoxy) is 1. The quantitative estimate of drug-likeness (QED) is 0.853. The van der Waals surface area contributed by atoms with Gasteiger partial charge in [-0.05, 0) is 42.6 Å². The van der Waals surface area contributed by atoms with Gasteiger partial charge in [-0.15, -0.1) is 0 Å². The van der Waals surface area contributed by atoms with Crippen LogP contribution in [0.3, 0.4) is 0 Å². The molecule has 1 atom stereocenters. The summed E-state index contributed by atoms with van der Waals surface area (Å²) in [5.41, 5.74) is 2.09. The highest BCUT2D eigenvalue weighted by atomic mass is 19.4. The summed E-state index contributed by atoms with van der Waals surface area (Å²) >= 11 is 0. The lowest BCUT2D eigenvalue weighted by Crippen LogP contribution is -2.19. The number of alkyl halides is 3. The average molecular weight is 365 g/mol. The Kier molecular flexibility index (Phi) is 5.41. The lowest BCUT2D eigenvalue weighted by molar-refractivity contribution is -0.154. The van der Waals surface area contributed by atoms with E-state index in [4.69, 9.17) is 0 Å². The first kappa shape index (κ1) is 18.2. The Morgan fingerprint density at radius 2 is 2.00 bits per heavy atom. The molecule has 1 aromatic heterocycles. The second-order valence-corrected chi connectivity index (χ2v) is 6.05. The van der Waals surface area contributed by atoms with Crippen LogP contribution in [-0.2, 0) is 0 Å². The van der Waals surface area contributed by atoms with Crippen molar-refractivity contribution in [2.24, 2.45) is 0 Å². The second kappa shape index (κ2) is 7.74. The molecule has 1 aromatic carbocycles. The summed E-state index contributed by atoms with van der Waals surface area (Å²) in [6.07, 6.45) is -2.15. The number of amides is 1. The van der Waals surface area contributed by atoms with Crippen LogP contribution in [0.4, 0.5) is 18.9 Å². The van der Waals surface area contributed by atoms with E-state index in [9.17, 15) is 18.0 Å². The van der Waals surface area contributed by atoms with Gasteiger partial charge in [0.05, 0.1) is 5.56 Å². The van der Waals surface area contributed by atoms with E-state index in [0.29, 0.717) is 11.6 Å². The molecule has 0 aliphatic carbocycles. The van der Waals surface area contributed by atoms with Crippen LogP contribution >= 0.6 is 0 Å². The van der Waals surface area contributed by atoms with Crippen molar-refractivity contribution in [3.05, 3.63) is 53.7 Å². The minimum Gasteiger partial charge on any atom is -0.468 e. The SMILES string of the molecule is O=C(Nc1ccc(C2CCNC2)cc1)c1ccc(OCC(F)(F)F)nc1. The third-order valence-corrected chi connectivity index (χ3v) is 4.08. The van der Waals surface area contributed by atoms with Crippen LogP contribution in [0, 0.1) is 0 Å². The minimum absolute atomic E-state index is 0.187. The molecule has 5 nitrogen and oxygen atoms in total. The van der Waals surface area contributed by atoms with Crippen molar-refractivity contribution in [2.45, 2.75) is 18.5 Å². The molecular weight excluding hydrogens is 347 g/mol. The van der Waals surface area contributed by atoms with Crippen LogP contribution in [0.1, 0.15) is 28.3 Å². The Balaban J connectivity index is 1.57. The summed E-state index contributed by atoms with van der Waals surface area (Å²) in [6.45, 7) is 0.549. The van der Waals surface area contributed by atoms with Crippen LogP contribution in [0.2, 0.25) is 0 Å². The van der Waals surface area contributed by atoms with Gasteiger partial charge in [0, 0.05) is 24.5 Å². The normalized spacial score (nSPS) is 17.1. The zero-order chi connectivity index (χ0) is 18.6. The fraction of sp³-hybridized carbons (Fsp3) is 0.333. The molecule has 1 aliphatic rings. The Hall–Kier alpha value is -2.61. The molecule has 1 amide bonds. The van der Waals surface area contributed by atoms with Crippen molar-refractivity contribution in [3.8, 4) is 5.88 Å². The van der Waals surface area contributed by atoms with Gasteiger partial charge in [0.15, 0.2) is 6.61 Å². The standard InChI is InChI=1S/C18H18F3N3O2/c19-18(20,21)11-26-16-6-3-14(10-23-16)17(25)24-15-4-1-12(2-5-15)13-7-8-22-9-13/h1-6,10,13,22H,7-9,11H2,(H,24,25). The molecule has 1 saturated heterocycles. The van der Waals surface area contributed by atoms with Gasteiger partial charge in [-0.3, -0.25) is 4.79 Å². The first-order valence-electron chi connectivity index (χ1n) is 8.18. The van der Waals surface area contributed by atoms with Gasteiger partial charge in [0.2, 0.25) is 5.88 Å². The number of carbonyl (C=O) groups excluding carboxylic acids is 1.